The second-order valence-corrected chi connectivity index (χ2v) is 9.61. The standard InChI is InChI=1S/C19H21N3O5S2/c1-12(2)11-27-19(24)21-15-7-6-14(9-13(15)3)29(25,26)22-10-16(20-18(22)23)17-5-4-8-28-17/h4-10,12H,11H2,1-3H3,(H,20,23)(H,21,24). The highest BCUT2D eigenvalue weighted by Crippen LogP contribution is 2.24. The highest BCUT2D eigenvalue weighted by Gasteiger charge is 2.22. The third-order valence-electron chi connectivity index (χ3n) is 4.01. The number of carbonyl (C=O) groups is 1. The molecule has 154 valence electrons. The number of nitrogens with zero attached hydrogens (tertiary/aromatic N) is 1. The lowest BCUT2D eigenvalue weighted by molar-refractivity contribution is 0.147. The first-order valence-corrected chi connectivity index (χ1v) is 11.2. The Balaban J connectivity index is 1.86. The number of aromatic nitrogens is 2. The lowest BCUT2D eigenvalue weighted by atomic mass is 10.2. The second-order valence-electron chi connectivity index (χ2n) is 6.85. The van der Waals surface area contributed by atoms with Gasteiger partial charge in [-0.15, -0.1) is 11.3 Å². The van der Waals surface area contributed by atoms with Gasteiger partial charge < -0.3 is 9.72 Å². The van der Waals surface area contributed by atoms with Gasteiger partial charge in [-0.25, -0.2) is 18.0 Å². The Morgan fingerprint density at radius 3 is 2.69 bits per heavy atom. The number of imidazole rings is 1. The number of nitrogens with one attached hydrogen (secondary N) is 2. The molecule has 0 fully saturated rings. The van der Waals surface area contributed by atoms with Crippen LogP contribution in [0.2, 0.25) is 0 Å². The molecule has 2 heterocycles. The number of rotatable bonds is 6. The van der Waals surface area contributed by atoms with E-state index in [1.807, 2.05) is 25.3 Å². The lowest BCUT2D eigenvalue weighted by Crippen LogP contribution is -2.24. The largest absolute Gasteiger partial charge is 0.449 e. The Kier molecular flexibility index (Phi) is 5.94. The minimum atomic E-state index is -4.10. The molecule has 1 amide bonds. The molecule has 0 saturated heterocycles. The van der Waals surface area contributed by atoms with E-state index in [1.54, 1.807) is 13.0 Å². The van der Waals surface area contributed by atoms with Crippen molar-refractivity contribution in [1.29, 1.82) is 0 Å². The first-order chi connectivity index (χ1) is 13.7. The third-order valence-corrected chi connectivity index (χ3v) is 6.56. The van der Waals surface area contributed by atoms with E-state index in [2.05, 4.69) is 10.3 Å². The van der Waals surface area contributed by atoms with Gasteiger partial charge in [-0.3, -0.25) is 5.32 Å². The van der Waals surface area contributed by atoms with Gasteiger partial charge in [0.2, 0.25) is 0 Å². The van der Waals surface area contributed by atoms with Crippen LogP contribution in [0.25, 0.3) is 10.6 Å². The van der Waals surface area contributed by atoms with Gasteiger partial charge in [-0.05, 0) is 48.1 Å². The zero-order valence-corrected chi connectivity index (χ0v) is 17.8. The van der Waals surface area contributed by atoms with Crippen molar-refractivity contribution < 1.29 is 17.9 Å². The normalized spacial score (nSPS) is 11.6. The molecule has 2 aromatic heterocycles. The van der Waals surface area contributed by atoms with Gasteiger partial charge in [0.05, 0.1) is 28.3 Å². The molecule has 0 unspecified atom stereocenters. The monoisotopic (exact) mass is 435 g/mol. The van der Waals surface area contributed by atoms with E-state index < -0.39 is 21.8 Å². The number of ether oxygens (including phenoxy) is 1. The van der Waals surface area contributed by atoms with Crippen LogP contribution in [0.3, 0.4) is 0 Å². The van der Waals surface area contributed by atoms with E-state index in [-0.39, 0.29) is 17.4 Å². The van der Waals surface area contributed by atoms with Crippen LogP contribution in [0.15, 0.2) is 51.6 Å². The van der Waals surface area contributed by atoms with Crippen molar-refractivity contribution >= 4 is 33.1 Å². The molecule has 1 aromatic carbocycles. The van der Waals surface area contributed by atoms with Crippen LogP contribution in [0.4, 0.5) is 10.5 Å². The van der Waals surface area contributed by atoms with Crippen LogP contribution in [0.5, 0.6) is 0 Å². The molecule has 0 saturated carbocycles. The van der Waals surface area contributed by atoms with Gasteiger partial charge in [-0.1, -0.05) is 19.9 Å². The van der Waals surface area contributed by atoms with Crippen LogP contribution in [-0.4, -0.2) is 30.1 Å². The molecule has 0 atom stereocenters. The zero-order valence-electron chi connectivity index (χ0n) is 16.1. The number of thiophene rings is 1. The van der Waals surface area contributed by atoms with Gasteiger partial charge in [-0.2, -0.15) is 3.97 Å². The number of carbonyl (C=O) groups excluding carboxylic acids is 1. The Bertz CT molecular complexity index is 1170. The van der Waals surface area contributed by atoms with Gasteiger partial charge in [0, 0.05) is 5.69 Å². The summed E-state index contributed by atoms with van der Waals surface area (Å²) < 4.78 is 31.6. The second kappa shape index (κ2) is 8.26. The zero-order chi connectivity index (χ0) is 21.2. The molecule has 0 aliphatic heterocycles. The first-order valence-electron chi connectivity index (χ1n) is 8.84. The molecule has 0 aliphatic rings. The van der Waals surface area contributed by atoms with E-state index in [0.29, 0.717) is 20.9 Å². The van der Waals surface area contributed by atoms with Crippen molar-refractivity contribution in [1.82, 2.24) is 8.96 Å². The lowest BCUT2D eigenvalue weighted by Gasteiger charge is -2.12. The van der Waals surface area contributed by atoms with Crippen LogP contribution < -0.4 is 11.0 Å². The van der Waals surface area contributed by atoms with Crippen LogP contribution in [0.1, 0.15) is 19.4 Å². The molecule has 0 bridgehead atoms. The van der Waals surface area contributed by atoms with E-state index in [0.717, 1.165) is 4.88 Å². The molecule has 0 radical (unpaired) electrons. The van der Waals surface area contributed by atoms with E-state index in [4.69, 9.17) is 4.74 Å². The van der Waals surface area contributed by atoms with Gasteiger partial charge in [0.15, 0.2) is 0 Å². The summed E-state index contributed by atoms with van der Waals surface area (Å²) in [7, 11) is -4.10. The molecule has 0 aliphatic carbocycles. The van der Waals surface area contributed by atoms with Gasteiger partial charge in [0.25, 0.3) is 10.0 Å². The number of benzene rings is 1. The van der Waals surface area contributed by atoms with Crippen LogP contribution in [-0.2, 0) is 14.8 Å². The highest BCUT2D eigenvalue weighted by molar-refractivity contribution is 7.90. The number of aromatic amines is 1. The number of anilines is 1. The Morgan fingerprint density at radius 2 is 2.07 bits per heavy atom. The maximum absolute atomic E-state index is 12.9. The van der Waals surface area contributed by atoms with Crippen LogP contribution >= 0.6 is 11.3 Å². The fourth-order valence-electron chi connectivity index (χ4n) is 2.55. The average Bonchev–Trinajstić information content (AvgIpc) is 3.31. The number of amides is 1. The number of hydrogen-bond donors (Lipinski definition) is 2. The quantitative estimate of drug-likeness (QED) is 0.614. The predicted octanol–water partition coefficient (Wildman–Crippen LogP) is 3.65. The Labute approximate surface area is 172 Å². The Hall–Kier alpha value is -2.85. The summed E-state index contributed by atoms with van der Waals surface area (Å²) in [5, 5.41) is 4.42. The summed E-state index contributed by atoms with van der Waals surface area (Å²) in [6.45, 7) is 5.78. The summed E-state index contributed by atoms with van der Waals surface area (Å²) in [6.07, 6.45) is 0.661. The van der Waals surface area contributed by atoms with Crippen molar-refractivity contribution in [2.24, 2.45) is 5.92 Å². The molecule has 2 N–H and O–H groups in total. The number of H-pyrrole nitrogens is 1. The van der Waals surface area contributed by atoms with Crippen molar-refractivity contribution in [2.75, 3.05) is 11.9 Å². The molecule has 3 aromatic rings. The molecule has 0 spiro atoms. The average molecular weight is 436 g/mol. The predicted molar refractivity (Wildman–Crippen MR) is 112 cm³/mol. The number of aryl methyl sites for hydroxylation is 1. The molecular weight excluding hydrogens is 414 g/mol. The molecular formula is C19H21N3O5S2. The topological polar surface area (TPSA) is 110 Å². The smallest absolute Gasteiger partial charge is 0.411 e. The summed E-state index contributed by atoms with van der Waals surface area (Å²) >= 11 is 1.39. The highest BCUT2D eigenvalue weighted by atomic mass is 32.2. The van der Waals surface area contributed by atoms with Crippen LogP contribution in [0, 0.1) is 12.8 Å². The summed E-state index contributed by atoms with van der Waals surface area (Å²) in [4.78, 5) is 27.3. The van der Waals surface area contributed by atoms with Crippen molar-refractivity contribution in [3.63, 3.8) is 0 Å². The number of hydrogen-bond acceptors (Lipinski definition) is 6. The van der Waals surface area contributed by atoms with Gasteiger partial charge >= 0.3 is 11.8 Å². The fourth-order valence-corrected chi connectivity index (χ4v) is 4.55. The maximum Gasteiger partial charge on any atom is 0.411 e. The summed E-state index contributed by atoms with van der Waals surface area (Å²) in [5.74, 6) is 0.202. The Morgan fingerprint density at radius 1 is 1.31 bits per heavy atom. The molecule has 10 heteroatoms. The van der Waals surface area contributed by atoms with E-state index in [1.165, 1.54) is 35.7 Å². The van der Waals surface area contributed by atoms with E-state index >= 15 is 0 Å². The molecule has 29 heavy (non-hydrogen) atoms. The van der Waals surface area contributed by atoms with Crippen molar-refractivity contribution in [3.05, 3.63) is 58.0 Å². The van der Waals surface area contributed by atoms with E-state index in [9.17, 15) is 18.0 Å². The SMILES string of the molecule is Cc1cc(S(=O)(=O)n2cc(-c3cccs3)[nH]c2=O)ccc1NC(=O)OCC(C)C. The minimum absolute atomic E-state index is 0.0603. The van der Waals surface area contributed by atoms with Gasteiger partial charge in [0.1, 0.15) is 0 Å². The summed E-state index contributed by atoms with van der Waals surface area (Å²) in [6, 6.07) is 7.81. The fraction of sp³-hybridized carbons (Fsp3) is 0.263. The molecule has 3 rings (SSSR count). The minimum Gasteiger partial charge on any atom is -0.449 e. The maximum atomic E-state index is 12.9. The summed E-state index contributed by atoms with van der Waals surface area (Å²) in [5.41, 5.74) is 0.634. The van der Waals surface area contributed by atoms with Crippen molar-refractivity contribution in [3.8, 4) is 10.6 Å². The third kappa shape index (κ3) is 4.60. The van der Waals surface area contributed by atoms with Crippen molar-refractivity contribution in [2.45, 2.75) is 25.7 Å². The molecule has 8 nitrogen and oxygen atoms in total. The first kappa shape index (κ1) is 20.9.